The number of methoxy groups -OCH3 is 1. The first-order valence-electron chi connectivity index (χ1n) is 6.90. The third-order valence-corrected chi connectivity index (χ3v) is 3.09. The van der Waals surface area contributed by atoms with Crippen LogP contribution in [-0.2, 0) is 14.2 Å². The van der Waals surface area contributed by atoms with Crippen molar-refractivity contribution < 1.29 is 14.2 Å². The molecule has 3 nitrogen and oxygen atoms in total. The molecular weight excluding hydrogens is 228 g/mol. The smallest absolute Gasteiger partial charge is 0.120 e. The first-order valence-corrected chi connectivity index (χ1v) is 6.90. The molecule has 2 atom stereocenters. The zero-order valence-corrected chi connectivity index (χ0v) is 12.9. The topological polar surface area (TPSA) is 27.7 Å². The van der Waals surface area contributed by atoms with Gasteiger partial charge in [-0.15, -0.1) is 0 Å². The molecule has 0 aromatic carbocycles. The first-order chi connectivity index (χ1) is 8.51. The molecule has 0 saturated heterocycles. The van der Waals surface area contributed by atoms with Gasteiger partial charge in [0.25, 0.3) is 0 Å². The van der Waals surface area contributed by atoms with E-state index in [2.05, 4.69) is 27.7 Å². The normalized spacial score (nSPS) is 14.1. The zero-order chi connectivity index (χ0) is 14.0. The minimum atomic E-state index is 0.240. The van der Waals surface area contributed by atoms with Gasteiger partial charge in [0.2, 0.25) is 0 Å². The lowest BCUT2D eigenvalue weighted by atomic mass is 10.1. The highest BCUT2D eigenvalue weighted by Gasteiger charge is 2.06. The van der Waals surface area contributed by atoms with Crippen LogP contribution in [0.15, 0.2) is 11.3 Å². The molecule has 18 heavy (non-hydrogen) atoms. The monoisotopic (exact) mass is 258 g/mol. The highest BCUT2D eigenvalue weighted by atomic mass is 16.5. The third kappa shape index (κ3) is 8.54. The van der Waals surface area contributed by atoms with Gasteiger partial charge in [-0.25, -0.2) is 0 Å². The van der Waals surface area contributed by atoms with Gasteiger partial charge in [-0.2, -0.15) is 0 Å². The number of rotatable bonds is 10. The average molecular weight is 258 g/mol. The summed E-state index contributed by atoms with van der Waals surface area (Å²) in [5, 5.41) is 0. The second-order valence-corrected chi connectivity index (χ2v) is 5.14. The van der Waals surface area contributed by atoms with Gasteiger partial charge in [0.15, 0.2) is 0 Å². The van der Waals surface area contributed by atoms with Crippen LogP contribution >= 0.6 is 0 Å². The van der Waals surface area contributed by atoms with Crippen molar-refractivity contribution in [3.8, 4) is 0 Å². The van der Waals surface area contributed by atoms with E-state index in [0.29, 0.717) is 19.1 Å². The molecular formula is C15H30O3. The summed E-state index contributed by atoms with van der Waals surface area (Å²) in [6.45, 7) is 12.6. The fraction of sp³-hybridized carbons (Fsp3) is 0.867. The maximum atomic E-state index is 5.77. The van der Waals surface area contributed by atoms with Crippen molar-refractivity contribution in [2.45, 2.75) is 53.6 Å². The highest BCUT2D eigenvalue weighted by molar-refractivity contribution is 5.02. The second kappa shape index (κ2) is 10.4. The first kappa shape index (κ1) is 17.5. The van der Waals surface area contributed by atoms with Gasteiger partial charge in [0.05, 0.1) is 12.7 Å². The number of hydrogen-bond donors (Lipinski definition) is 0. The average Bonchev–Trinajstić information content (AvgIpc) is 2.35. The molecule has 0 amide bonds. The molecule has 0 spiro atoms. The van der Waals surface area contributed by atoms with Crippen LogP contribution in [0, 0.1) is 5.92 Å². The van der Waals surface area contributed by atoms with E-state index < -0.39 is 0 Å². The highest BCUT2D eigenvalue weighted by Crippen LogP contribution is 2.09. The Morgan fingerprint density at radius 2 is 1.83 bits per heavy atom. The molecule has 0 aromatic rings. The fourth-order valence-corrected chi connectivity index (χ4v) is 1.27. The van der Waals surface area contributed by atoms with Crippen LogP contribution in [-0.4, -0.2) is 33.0 Å². The molecule has 0 radical (unpaired) electrons. The third-order valence-electron chi connectivity index (χ3n) is 3.09. The van der Waals surface area contributed by atoms with Crippen LogP contribution < -0.4 is 0 Å². The van der Waals surface area contributed by atoms with Crippen molar-refractivity contribution in [2.75, 3.05) is 26.9 Å². The van der Waals surface area contributed by atoms with E-state index in [-0.39, 0.29) is 6.10 Å². The molecule has 0 saturated carbocycles. The number of ether oxygens (including phenoxy) is 3. The fourth-order valence-electron chi connectivity index (χ4n) is 1.27. The van der Waals surface area contributed by atoms with Gasteiger partial charge >= 0.3 is 0 Å². The van der Waals surface area contributed by atoms with Gasteiger partial charge in [0.1, 0.15) is 12.4 Å². The molecule has 0 aliphatic heterocycles. The van der Waals surface area contributed by atoms with E-state index in [1.807, 2.05) is 6.92 Å². The molecule has 0 aromatic heterocycles. The predicted octanol–water partition coefficient (Wildman–Crippen LogP) is 3.78. The quantitative estimate of drug-likeness (QED) is 0.558. The Balaban J connectivity index is 3.92. The summed E-state index contributed by atoms with van der Waals surface area (Å²) in [6, 6.07) is 0. The summed E-state index contributed by atoms with van der Waals surface area (Å²) in [5.41, 5.74) is 1.18. The van der Waals surface area contributed by atoms with E-state index in [1.54, 1.807) is 7.11 Å². The van der Waals surface area contributed by atoms with Crippen LogP contribution in [0.4, 0.5) is 0 Å². The lowest BCUT2D eigenvalue weighted by Crippen LogP contribution is -2.13. The molecule has 0 fully saturated rings. The van der Waals surface area contributed by atoms with Crippen molar-refractivity contribution in [1.29, 1.82) is 0 Å². The maximum Gasteiger partial charge on any atom is 0.120 e. The van der Waals surface area contributed by atoms with E-state index in [9.17, 15) is 0 Å². The van der Waals surface area contributed by atoms with Crippen molar-refractivity contribution in [2.24, 2.45) is 5.92 Å². The Morgan fingerprint density at radius 1 is 1.17 bits per heavy atom. The standard InChI is InChI=1S/C15H30O3/c1-7-13(4)10-17-11-15(12(2)3)18-9-8-14(5)16-6/h13-14H,7-11H2,1-6H3. The summed E-state index contributed by atoms with van der Waals surface area (Å²) >= 11 is 0. The number of allylic oxidation sites excluding steroid dienone is 1. The Hall–Kier alpha value is -0.540. The Labute approximate surface area is 112 Å². The lowest BCUT2D eigenvalue weighted by Gasteiger charge is -2.16. The van der Waals surface area contributed by atoms with Gasteiger partial charge in [-0.05, 0) is 32.3 Å². The van der Waals surface area contributed by atoms with Gasteiger partial charge < -0.3 is 14.2 Å². The molecule has 2 unspecified atom stereocenters. The summed E-state index contributed by atoms with van der Waals surface area (Å²) in [7, 11) is 1.72. The van der Waals surface area contributed by atoms with E-state index in [1.165, 1.54) is 5.57 Å². The SMILES string of the molecule is CCC(C)COCC(OCCC(C)OC)=C(C)C. The molecule has 0 aliphatic carbocycles. The molecule has 0 aliphatic rings. The maximum absolute atomic E-state index is 5.77. The molecule has 0 N–H and O–H groups in total. The van der Waals surface area contributed by atoms with E-state index >= 15 is 0 Å². The molecule has 3 heteroatoms. The number of hydrogen-bond acceptors (Lipinski definition) is 3. The molecule has 0 rings (SSSR count). The zero-order valence-electron chi connectivity index (χ0n) is 12.9. The molecule has 108 valence electrons. The van der Waals surface area contributed by atoms with E-state index in [0.717, 1.165) is 25.2 Å². The minimum Gasteiger partial charge on any atom is -0.495 e. The van der Waals surface area contributed by atoms with Gasteiger partial charge in [0, 0.05) is 20.1 Å². The molecule has 0 bridgehead atoms. The summed E-state index contributed by atoms with van der Waals surface area (Å²) < 4.78 is 16.6. The van der Waals surface area contributed by atoms with Crippen molar-refractivity contribution in [1.82, 2.24) is 0 Å². The van der Waals surface area contributed by atoms with Crippen molar-refractivity contribution in [3.63, 3.8) is 0 Å². The largest absolute Gasteiger partial charge is 0.495 e. The minimum absolute atomic E-state index is 0.240. The summed E-state index contributed by atoms with van der Waals surface area (Å²) in [5.74, 6) is 1.57. The summed E-state index contributed by atoms with van der Waals surface area (Å²) in [4.78, 5) is 0. The molecule has 0 heterocycles. The van der Waals surface area contributed by atoms with Crippen molar-refractivity contribution >= 4 is 0 Å². The van der Waals surface area contributed by atoms with Crippen LogP contribution in [0.1, 0.15) is 47.5 Å². The lowest BCUT2D eigenvalue weighted by molar-refractivity contribution is 0.0541. The van der Waals surface area contributed by atoms with Crippen LogP contribution in [0.5, 0.6) is 0 Å². The summed E-state index contributed by atoms with van der Waals surface area (Å²) in [6.07, 6.45) is 2.29. The van der Waals surface area contributed by atoms with Crippen LogP contribution in [0.2, 0.25) is 0 Å². The second-order valence-electron chi connectivity index (χ2n) is 5.14. The van der Waals surface area contributed by atoms with Crippen LogP contribution in [0.25, 0.3) is 0 Å². The Bertz CT molecular complexity index is 214. The van der Waals surface area contributed by atoms with Crippen molar-refractivity contribution in [3.05, 3.63) is 11.3 Å². The Morgan fingerprint density at radius 3 is 2.33 bits per heavy atom. The van der Waals surface area contributed by atoms with Crippen LogP contribution in [0.3, 0.4) is 0 Å². The van der Waals surface area contributed by atoms with Gasteiger partial charge in [-0.1, -0.05) is 20.3 Å². The Kier molecular flexibility index (Phi) is 10.1. The predicted molar refractivity (Wildman–Crippen MR) is 75.7 cm³/mol. The van der Waals surface area contributed by atoms with Gasteiger partial charge in [-0.3, -0.25) is 0 Å². The van der Waals surface area contributed by atoms with E-state index in [4.69, 9.17) is 14.2 Å².